The molecule has 4 heterocycles. The van der Waals surface area contributed by atoms with Gasteiger partial charge in [-0.1, -0.05) is 31.7 Å². The van der Waals surface area contributed by atoms with Gasteiger partial charge < -0.3 is 9.47 Å². The van der Waals surface area contributed by atoms with Crippen LogP contribution in [0.1, 0.15) is 24.3 Å². The third-order valence-electron chi connectivity index (χ3n) is 5.75. The molecule has 1 aromatic carbocycles. The normalized spacial score (nSPS) is 16.1. The van der Waals surface area contributed by atoms with Crippen LogP contribution in [-0.2, 0) is 17.8 Å². The van der Waals surface area contributed by atoms with Crippen molar-refractivity contribution in [1.82, 2.24) is 19.2 Å². The van der Waals surface area contributed by atoms with Crippen LogP contribution in [0.5, 0.6) is 5.75 Å². The average molecular weight is 469 g/mol. The van der Waals surface area contributed by atoms with E-state index in [1.807, 2.05) is 34.7 Å². The zero-order valence-corrected chi connectivity index (χ0v) is 19.8. The van der Waals surface area contributed by atoms with Crippen molar-refractivity contribution in [3.63, 3.8) is 0 Å². The van der Waals surface area contributed by atoms with Gasteiger partial charge in [0.2, 0.25) is 5.78 Å². The molecule has 5 rings (SSSR count). The van der Waals surface area contributed by atoms with E-state index >= 15 is 0 Å². The molecular weight excluding hydrogens is 444 g/mol. The van der Waals surface area contributed by atoms with Crippen LogP contribution in [0.3, 0.4) is 0 Å². The number of ether oxygens (including phenoxy) is 2. The van der Waals surface area contributed by atoms with E-state index in [0.29, 0.717) is 24.1 Å². The summed E-state index contributed by atoms with van der Waals surface area (Å²) in [5.74, 6) is 2.30. The van der Waals surface area contributed by atoms with Gasteiger partial charge in [0.15, 0.2) is 5.16 Å². The van der Waals surface area contributed by atoms with Crippen molar-refractivity contribution in [2.75, 3.05) is 12.9 Å². The second-order valence-electron chi connectivity index (χ2n) is 8.04. The van der Waals surface area contributed by atoms with Crippen LogP contribution in [0, 0.1) is 5.92 Å². The quantitative estimate of drug-likeness (QED) is 0.307. The first-order valence-electron chi connectivity index (χ1n) is 10.5. The minimum atomic E-state index is -0.0766. The van der Waals surface area contributed by atoms with Crippen LogP contribution in [0.4, 0.5) is 0 Å². The topological polar surface area (TPSA) is 70.7 Å². The number of nitrogens with zero attached hydrogens (tertiary/aromatic N) is 4. The summed E-state index contributed by atoms with van der Waals surface area (Å²) in [5, 5.41) is 10.3. The molecule has 4 aromatic rings. The van der Waals surface area contributed by atoms with Gasteiger partial charge in [0.1, 0.15) is 10.6 Å². The fourth-order valence-corrected chi connectivity index (χ4v) is 6.02. The number of rotatable bonds is 6. The van der Waals surface area contributed by atoms with Crippen molar-refractivity contribution in [3.05, 3.63) is 57.7 Å². The van der Waals surface area contributed by atoms with E-state index in [9.17, 15) is 4.79 Å². The molecule has 1 aliphatic rings. The number of hydrogen-bond acceptors (Lipinski definition) is 7. The summed E-state index contributed by atoms with van der Waals surface area (Å²) in [5.41, 5.74) is 1.74. The zero-order valence-electron chi connectivity index (χ0n) is 18.2. The minimum absolute atomic E-state index is 0.0766. The van der Waals surface area contributed by atoms with E-state index in [2.05, 4.69) is 30.6 Å². The van der Waals surface area contributed by atoms with Gasteiger partial charge in [-0.05, 0) is 35.7 Å². The van der Waals surface area contributed by atoms with E-state index in [1.165, 1.54) is 0 Å². The number of fused-ring (bicyclic) bond motifs is 5. The molecule has 0 N–H and O–H groups in total. The molecule has 0 aliphatic carbocycles. The Bertz CT molecular complexity index is 1370. The maximum Gasteiger partial charge on any atom is 0.268 e. The first-order valence-corrected chi connectivity index (χ1v) is 12.3. The van der Waals surface area contributed by atoms with Gasteiger partial charge in [-0.3, -0.25) is 4.79 Å². The van der Waals surface area contributed by atoms with Gasteiger partial charge in [-0.15, -0.1) is 28.1 Å². The summed E-state index contributed by atoms with van der Waals surface area (Å²) in [6.45, 7) is 8.65. The third kappa shape index (κ3) is 3.35. The van der Waals surface area contributed by atoms with Crippen molar-refractivity contribution in [2.45, 2.75) is 38.1 Å². The highest BCUT2D eigenvalue weighted by molar-refractivity contribution is 7.99. The number of aromatic nitrogens is 4. The molecule has 1 atom stereocenters. The van der Waals surface area contributed by atoms with Gasteiger partial charge in [-0.25, -0.2) is 8.97 Å². The molecule has 0 bridgehead atoms. The summed E-state index contributed by atoms with van der Waals surface area (Å²) >= 11 is 3.15. The van der Waals surface area contributed by atoms with Gasteiger partial charge >= 0.3 is 0 Å². The van der Waals surface area contributed by atoms with Crippen LogP contribution in [0.15, 0.2) is 46.9 Å². The highest BCUT2D eigenvalue weighted by atomic mass is 32.2. The predicted octanol–water partition coefficient (Wildman–Crippen LogP) is 4.48. The molecule has 0 amide bonds. The third-order valence-corrected chi connectivity index (χ3v) is 7.86. The zero-order chi connectivity index (χ0) is 22.4. The molecule has 0 radical (unpaired) electrons. The fraction of sp³-hybridized carbons (Fsp3) is 0.348. The molecule has 32 heavy (non-hydrogen) atoms. The number of thiophene rings is 1. The highest BCUT2D eigenvalue weighted by Crippen LogP contribution is 2.37. The maximum atomic E-state index is 13.9. The lowest BCUT2D eigenvalue weighted by Crippen LogP contribution is -2.28. The lowest BCUT2D eigenvalue weighted by Gasteiger charge is -2.26. The van der Waals surface area contributed by atoms with Gasteiger partial charge in [0.05, 0.1) is 30.9 Å². The Labute approximate surface area is 193 Å². The van der Waals surface area contributed by atoms with Crippen LogP contribution < -0.4 is 10.3 Å². The van der Waals surface area contributed by atoms with Crippen LogP contribution in [0.2, 0.25) is 0 Å². The average Bonchev–Trinajstić information content (AvgIpc) is 3.39. The van der Waals surface area contributed by atoms with E-state index in [0.717, 1.165) is 43.7 Å². The van der Waals surface area contributed by atoms with Crippen LogP contribution >= 0.6 is 23.1 Å². The molecule has 9 heteroatoms. The van der Waals surface area contributed by atoms with Crippen LogP contribution in [-0.4, -0.2) is 38.1 Å². The monoisotopic (exact) mass is 468 g/mol. The number of hydrogen-bond donors (Lipinski definition) is 0. The molecule has 0 fully saturated rings. The van der Waals surface area contributed by atoms with E-state index < -0.39 is 0 Å². The Kier molecular flexibility index (Phi) is 5.56. The second-order valence-corrected chi connectivity index (χ2v) is 10.1. The van der Waals surface area contributed by atoms with Crippen molar-refractivity contribution >= 4 is 39.1 Å². The number of thioether (sulfide) groups is 1. The first-order chi connectivity index (χ1) is 15.5. The molecule has 7 nitrogen and oxygen atoms in total. The minimum Gasteiger partial charge on any atom is -0.497 e. The molecule has 0 saturated heterocycles. The number of methoxy groups -OCH3 is 1. The number of benzene rings is 1. The van der Waals surface area contributed by atoms with Crippen molar-refractivity contribution < 1.29 is 9.47 Å². The molecule has 0 spiro atoms. The first kappa shape index (κ1) is 21.2. The fourth-order valence-electron chi connectivity index (χ4n) is 4.06. The Hall–Kier alpha value is -2.62. The lowest BCUT2D eigenvalue weighted by atomic mass is 9.96. The molecule has 1 aliphatic heterocycles. The lowest BCUT2D eigenvalue weighted by molar-refractivity contribution is 0.00200. The molecular formula is C23H24N4O3S2. The largest absolute Gasteiger partial charge is 0.497 e. The van der Waals surface area contributed by atoms with Crippen molar-refractivity contribution in [2.24, 2.45) is 5.92 Å². The molecule has 0 saturated carbocycles. The molecule has 3 aromatic heterocycles. The summed E-state index contributed by atoms with van der Waals surface area (Å²) < 4.78 is 15.0. The summed E-state index contributed by atoms with van der Waals surface area (Å²) in [4.78, 5) is 15.9. The Morgan fingerprint density at radius 2 is 2.12 bits per heavy atom. The highest BCUT2D eigenvalue weighted by Gasteiger charge is 2.30. The smallest absolute Gasteiger partial charge is 0.268 e. The van der Waals surface area contributed by atoms with E-state index in [4.69, 9.17) is 9.47 Å². The van der Waals surface area contributed by atoms with Crippen molar-refractivity contribution in [1.29, 1.82) is 0 Å². The van der Waals surface area contributed by atoms with E-state index in [-0.39, 0.29) is 11.7 Å². The Morgan fingerprint density at radius 3 is 2.81 bits per heavy atom. The summed E-state index contributed by atoms with van der Waals surface area (Å²) in [6, 6.07) is 7.43. The van der Waals surface area contributed by atoms with Gasteiger partial charge in [0, 0.05) is 17.1 Å². The van der Waals surface area contributed by atoms with Crippen LogP contribution in [0.25, 0.3) is 21.7 Å². The standard InChI is InChI=1S/C23H24N4O3S2/c1-5-10-31-23-25-24-22-26(14-6-8-15(29-4)9-7-14)20(28)19-16-11-17(13(2)3)30-12-18(16)32-21(19)27(22)23/h5-9,13,17H,1,10-12H2,2-4H3/t17-/m0/s1. The molecule has 0 unspecified atom stereocenters. The summed E-state index contributed by atoms with van der Waals surface area (Å²) in [7, 11) is 1.62. The summed E-state index contributed by atoms with van der Waals surface area (Å²) in [6.07, 6.45) is 2.66. The van der Waals surface area contributed by atoms with Gasteiger partial charge in [0.25, 0.3) is 5.56 Å². The predicted molar refractivity (Wildman–Crippen MR) is 129 cm³/mol. The Morgan fingerprint density at radius 1 is 1.34 bits per heavy atom. The van der Waals surface area contributed by atoms with Gasteiger partial charge in [-0.2, -0.15) is 0 Å². The second kappa shape index (κ2) is 8.38. The van der Waals surface area contributed by atoms with Crippen molar-refractivity contribution in [3.8, 4) is 11.4 Å². The Balaban J connectivity index is 1.83. The maximum absolute atomic E-state index is 13.9. The van der Waals surface area contributed by atoms with E-state index in [1.54, 1.807) is 34.8 Å². The molecule has 166 valence electrons. The SMILES string of the molecule is C=CCSc1nnc2n(-c3ccc(OC)cc3)c(=O)c3c4c(sc3n12)CO[C@H](C(C)C)C4.